The van der Waals surface area contributed by atoms with Crippen LogP contribution in [0.15, 0.2) is 0 Å². The van der Waals surface area contributed by atoms with Gasteiger partial charge in [0.15, 0.2) is 0 Å². The number of hydrogen-bond acceptors (Lipinski definition) is 2. The van der Waals surface area contributed by atoms with Crippen LogP contribution in [0.3, 0.4) is 0 Å². The number of nitrogens with two attached hydrogens (primary N) is 2. The van der Waals surface area contributed by atoms with Gasteiger partial charge in [0.05, 0.1) is 6.17 Å². The van der Waals surface area contributed by atoms with E-state index in [0.717, 1.165) is 13.1 Å². The van der Waals surface area contributed by atoms with E-state index in [1.807, 2.05) is 6.92 Å². The van der Waals surface area contributed by atoms with Crippen molar-refractivity contribution in [1.82, 2.24) is 0 Å². The van der Waals surface area contributed by atoms with Crippen molar-refractivity contribution in [3.63, 3.8) is 0 Å². The zero-order valence-corrected chi connectivity index (χ0v) is 13.4. The van der Waals surface area contributed by atoms with Crippen molar-refractivity contribution in [3.8, 4) is 0 Å². The van der Waals surface area contributed by atoms with Crippen molar-refractivity contribution in [3.05, 3.63) is 0 Å². The summed E-state index contributed by atoms with van der Waals surface area (Å²) in [7, 11) is 0. The standard InChI is InChI=1S/C12H27B.C3H10N2/c1-4-7-10-13(11-8-5-2)12-9-6-3;1-2-3(4)5/h4-12H2,1-3H3;3H,2,4-5H2,1H3. The molecule has 0 aliphatic carbocycles. The fraction of sp³-hybridized carbons (Fsp3) is 1.00. The molecule has 18 heavy (non-hydrogen) atoms. The first kappa shape index (κ1) is 20.3. The van der Waals surface area contributed by atoms with Gasteiger partial charge in [-0.05, 0) is 6.42 Å². The molecular formula is C15H37BN2. The molecule has 110 valence electrons. The van der Waals surface area contributed by atoms with Gasteiger partial charge in [-0.3, -0.25) is 0 Å². The Morgan fingerprint density at radius 2 is 1.00 bits per heavy atom. The summed E-state index contributed by atoms with van der Waals surface area (Å²) in [4.78, 5) is 0. The number of unbranched alkanes of at least 4 members (excludes halogenated alkanes) is 3. The molecule has 0 aromatic heterocycles. The van der Waals surface area contributed by atoms with Crippen molar-refractivity contribution < 1.29 is 0 Å². The summed E-state index contributed by atoms with van der Waals surface area (Å²) in [5, 5.41) is 0. The largest absolute Gasteiger partial charge is 0.316 e. The van der Waals surface area contributed by atoms with Gasteiger partial charge in [-0.2, -0.15) is 0 Å². The minimum atomic E-state index is -0.116. The van der Waals surface area contributed by atoms with E-state index < -0.39 is 0 Å². The van der Waals surface area contributed by atoms with Crippen LogP contribution in [-0.4, -0.2) is 12.9 Å². The second-order valence-electron chi connectivity index (χ2n) is 5.36. The first-order valence-corrected chi connectivity index (χ1v) is 8.13. The van der Waals surface area contributed by atoms with Crippen LogP contribution >= 0.6 is 0 Å². The highest BCUT2D eigenvalue weighted by Crippen LogP contribution is 2.16. The molecule has 0 aliphatic heterocycles. The van der Waals surface area contributed by atoms with E-state index in [1.54, 1.807) is 0 Å². The zero-order chi connectivity index (χ0) is 14.2. The molecule has 0 saturated heterocycles. The Morgan fingerprint density at radius 1 is 0.722 bits per heavy atom. The van der Waals surface area contributed by atoms with Gasteiger partial charge >= 0.3 is 0 Å². The summed E-state index contributed by atoms with van der Waals surface area (Å²) < 4.78 is 0. The van der Waals surface area contributed by atoms with Crippen LogP contribution in [0, 0.1) is 0 Å². The molecule has 0 radical (unpaired) electrons. The SMILES string of the molecule is CCC(N)N.CCCCB(CCCC)CCCC. The van der Waals surface area contributed by atoms with Gasteiger partial charge in [0.2, 0.25) is 0 Å². The minimum absolute atomic E-state index is 0.116. The summed E-state index contributed by atoms with van der Waals surface area (Å²) in [6.07, 6.45) is 13.6. The molecule has 0 rings (SSSR count). The van der Waals surface area contributed by atoms with Crippen molar-refractivity contribution >= 4 is 6.71 Å². The second-order valence-corrected chi connectivity index (χ2v) is 5.36. The molecule has 2 nitrogen and oxygen atoms in total. The van der Waals surface area contributed by atoms with E-state index in [1.165, 1.54) is 57.5 Å². The topological polar surface area (TPSA) is 52.0 Å². The van der Waals surface area contributed by atoms with Crippen molar-refractivity contribution in [2.24, 2.45) is 11.5 Å². The first-order valence-electron chi connectivity index (χ1n) is 8.13. The maximum absolute atomic E-state index is 5.07. The van der Waals surface area contributed by atoms with Crippen molar-refractivity contribution in [1.29, 1.82) is 0 Å². The lowest BCUT2D eigenvalue weighted by Crippen LogP contribution is -2.28. The van der Waals surface area contributed by atoms with Crippen LogP contribution in [0.4, 0.5) is 0 Å². The summed E-state index contributed by atoms with van der Waals surface area (Å²) in [5.74, 6) is 0. The quantitative estimate of drug-likeness (QED) is 0.446. The Balaban J connectivity index is 0. The van der Waals surface area contributed by atoms with Gasteiger partial charge < -0.3 is 11.5 Å². The lowest BCUT2D eigenvalue weighted by molar-refractivity contribution is 0.682. The summed E-state index contributed by atoms with van der Waals surface area (Å²) >= 11 is 0. The molecule has 4 N–H and O–H groups in total. The third kappa shape index (κ3) is 18.4. The van der Waals surface area contributed by atoms with Crippen LogP contribution in [0.1, 0.15) is 72.6 Å². The molecule has 0 bridgehead atoms. The number of rotatable bonds is 10. The lowest BCUT2D eigenvalue weighted by atomic mass is 9.41. The van der Waals surface area contributed by atoms with E-state index in [9.17, 15) is 0 Å². The van der Waals surface area contributed by atoms with E-state index >= 15 is 0 Å². The molecule has 0 amide bonds. The maximum Gasteiger partial charge on any atom is 0.139 e. The Bertz CT molecular complexity index is 121. The highest BCUT2D eigenvalue weighted by molar-refractivity contribution is 6.58. The van der Waals surface area contributed by atoms with Crippen LogP contribution in [-0.2, 0) is 0 Å². The molecule has 0 aliphatic rings. The third-order valence-electron chi connectivity index (χ3n) is 3.37. The lowest BCUT2D eigenvalue weighted by Gasteiger charge is -2.11. The molecule has 0 heterocycles. The van der Waals surface area contributed by atoms with Gasteiger partial charge in [-0.15, -0.1) is 0 Å². The molecule has 3 heteroatoms. The molecule has 0 aromatic rings. The highest BCUT2D eigenvalue weighted by atomic mass is 14.8. The average molecular weight is 256 g/mol. The second kappa shape index (κ2) is 17.0. The van der Waals surface area contributed by atoms with E-state index in [2.05, 4.69) is 20.8 Å². The van der Waals surface area contributed by atoms with Crippen LogP contribution in [0.2, 0.25) is 19.0 Å². The highest BCUT2D eigenvalue weighted by Gasteiger charge is 2.10. The first-order chi connectivity index (χ1) is 8.62. The molecule has 0 saturated carbocycles. The normalized spacial score (nSPS) is 10.2. The third-order valence-corrected chi connectivity index (χ3v) is 3.37. The molecule has 0 unspecified atom stereocenters. The minimum Gasteiger partial charge on any atom is -0.316 e. The van der Waals surface area contributed by atoms with Crippen molar-refractivity contribution in [2.45, 2.75) is 97.8 Å². The van der Waals surface area contributed by atoms with Gasteiger partial charge in [-0.25, -0.2) is 0 Å². The van der Waals surface area contributed by atoms with Crippen LogP contribution in [0.25, 0.3) is 0 Å². The Hall–Kier alpha value is -0.0151. The smallest absolute Gasteiger partial charge is 0.139 e. The van der Waals surface area contributed by atoms with Gasteiger partial charge in [0.25, 0.3) is 0 Å². The van der Waals surface area contributed by atoms with E-state index in [0.29, 0.717) is 0 Å². The summed E-state index contributed by atoms with van der Waals surface area (Å²) in [5.41, 5.74) is 10.1. The molecular weight excluding hydrogens is 219 g/mol. The summed E-state index contributed by atoms with van der Waals surface area (Å²) in [6, 6.07) is 0. The number of hydrogen-bond donors (Lipinski definition) is 2. The Morgan fingerprint density at radius 3 is 1.17 bits per heavy atom. The van der Waals surface area contributed by atoms with Crippen molar-refractivity contribution in [2.75, 3.05) is 0 Å². The Kier molecular flexibility index (Phi) is 19.2. The van der Waals surface area contributed by atoms with E-state index in [-0.39, 0.29) is 6.17 Å². The van der Waals surface area contributed by atoms with Gasteiger partial charge in [0, 0.05) is 0 Å². The molecule has 0 aromatic carbocycles. The van der Waals surface area contributed by atoms with Crippen LogP contribution < -0.4 is 11.5 Å². The van der Waals surface area contributed by atoms with Crippen LogP contribution in [0.5, 0.6) is 0 Å². The fourth-order valence-electron chi connectivity index (χ4n) is 1.91. The fourth-order valence-corrected chi connectivity index (χ4v) is 1.91. The molecule has 0 fully saturated rings. The average Bonchev–Trinajstić information content (AvgIpc) is 2.38. The van der Waals surface area contributed by atoms with Gasteiger partial charge in [0.1, 0.15) is 6.71 Å². The predicted octanol–water partition coefficient (Wildman–Crippen LogP) is 4.52. The zero-order valence-electron chi connectivity index (χ0n) is 13.4. The molecule has 0 spiro atoms. The molecule has 0 atom stereocenters. The van der Waals surface area contributed by atoms with Gasteiger partial charge in [-0.1, -0.05) is 85.2 Å². The monoisotopic (exact) mass is 256 g/mol. The summed E-state index contributed by atoms with van der Waals surface area (Å²) in [6.45, 7) is 9.90. The predicted molar refractivity (Wildman–Crippen MR) is 87.4 cm³/mol. The van der Waals surface area contributed by atoms with E-state index in [4.69, 9.17) is 11.5 Å². The maximum atomic E-state index is 5.07. The Labute approximate surface area is 116 Å².